The highest BCUT2D eigenvalue weighted by molar-refractivity contribution is 8.03. The predicted octanol–water partition coefficient (Wildman–Crippen LogP) is 28.6. The molecule has 0 aliphatic heterocycles. The summed E-state index contributed by atoms with van der Waals surface area (Å²) >= 11 is 6.49. The van der Waals surface area contributed by atoms with Crippen LogP contribution in [0, 0.1) is 6.92 Å². The fraction of sp³-hybridized carbons (Fsp3) is 0.904. The Bertz CT molecular complexity index is 1160. The minimum Gasteiger partial charge on any atom is -0.125 e. The third-order valence-corrected chi connectivity index (χ3v) is 20.6. The standard InChI is InChI=1S/C73H139S3/c1-5-8-11-14-17-20-23-26-29-32-35-38-41-44-47-50-53-56-59-62-65-74-71-68-70(4)69-72(75-66-63-60-57-54-51-48-45-42-39-36-33-30-27-24-21-18-15-12-9-6-2)73(71)76-67-64-61-58-55-52-49-46-43-40-37-34-31-28-25-22-19-16-13-10-7-3/h68-69H,4-67H2,1-3H3. The summed E-state index contributed by atoms with van der Waals surface area (Å²) in [6.07, 6.45) is 87.2. The fourth-order valence-electron chi connectivity index (χ4n) is 11.6. The van der Waals surface area contributed by atoms with Crippen molar-refractivity contribution in [1.29, 1.82) is 0 Å². The van der Waals surface area contributed by atoms with Gasteiger partial charge in [0.25, 0.3) is 0 Å². The maximum atomic E-state index is 4.51. The molecule has 0 N–H and O–H groups in total. The second-order valence-electron chi connectivity index (χ2n) is 24.6. The van der Waals surface area contributed by atoms with E-state index in [4.69, 9.17) is 0 Å². The second kappa shape index (κ2) is 64.4. The number of thioether (sulfide) groups is 3. The van der Waals surface area contributed by atoms with Crippen molar-refractivity contribution in [1.82, 2.24) is 0 Å². The van der Waals surface area contributed by atoms with Gasteiger partial charge in [-0.2, -0.15) is 0 Å². The Labute approximate surface area is 494 Å². The van der Waals surface area contributed by atoms with Gasteiger partial charge in [0, 0.05) is 14.7 Å². The monoisotopic (exact) mass is 1110 g/mol. The normalized spacial score (nSPS) is 11.7. The fourth-order valence-corrected chi connectivity index (χ4v) is 15.4. The Morgan fingerprint density at radius 1 is 0.211 bits per heavy atom. The molecule has 0 fully saturated rings. The molecule has 1 aromatic carbocycles. The van der Waals surface area contributed by atoms with E-state index >= 15 is 0 Å². The summed E-state index contributed by atoms with van der Waals surface area (Å²) in [5.74, 6) is 3.80. The summed E-state index contributed by atoms with van der Waals surface area (Å²) < 4.78 is 0. The Morgan fingerprint density at radius 3 is 0.526 bits per heavy atom. The summed E-state index contributed by atoms with van der Waals surface area (Å²) in [5.41, 5.74) is 1.22. The number of hydrogen-bond donors (Lipinski definition) is 0. The molecule has 0 unspecified atom stereocenters. The second-order valence-corrected chi connectivity index (χ2v) is 28.0. The first kappa shape index (κ1) is 74.3. The molecule has 1 rings (SSSR count). The molecular weight excluding hydrogens is 973 g/mol. The van der Waals surface area contributed by atoms with Gasteiger partial charge in [0.1, 0.15) is 0 Å². The van der Waals surface area contributed by atoms with Gasteiger partial charge in [0.2, 0.25) is 0 Å². The van der Waals surface area contributed by atoms with Crippen LogP contribution < -0.4 is 0 Å². The van der Waals surface area contributed by atoms with Gasteiger partial charge in [-0.3, -0.25) is 0 Å². The zero-order chi connectivity index (χ0) is 54.4. The molecule has 0 nitrogen and oxygen atoms in total. The van der Waals surface area contributed by atoms with Crippen LogP contribution >= 0.6 is 35.3 Å². The van der Waals surface area contributed by atoms with Crippen molar-refractivity contribution in [3.05, 3.63) is 24.6 Å². The van der Waals surface area contributed by atoms with Gasteiger partial charge in [0.05, 0.1) is 0 Å². The number of rotatable bonds is 66. The topological polar surface area (TPSA) is 0 Å². The molecule has 1 aromatic rings. The Balaban J connectivity index is 2.30. The summed E-state index contributed by atoms with van der Waals surface area (Å²) in [5, 5.41) is 0. The van der Waals surface area contributed by atoms with Gasteiger partial charge in [-0.25, -0.2) is 0 Å². The summed E-state index contributed by atoms with van der Waals surface area (Å²) in [4.78, 5) is 4.67. The lowest BCUT2D eigenvalue weighted by atomic mass is 10.0. The van der Waals surface area contributed by atoms with Gasteiger partial charge in [-0.05, 0) is 61.1 Å². The first-order valence-corrected chi connectivity index (χ1v) is 38.6. The lowest BCUT2D eigenvalue weighted by Gasteiger charge is -2.16. The number of hydrogen-bond acceptors (Lipinski definition) is 3. The molecule has 0 aliphatic carbocycles. The van der Waals surface area contributed by atoms with E-state index in [-0.39, 0.29) is 0 Å². The average Bonchev–Trinajstić information content (AvgIpc) is 3.42. The molecule has 0 aliphatic rings. The smallest absolute Gasteiger partial charge is 0.0344 e. The van der Waals surface area contributed by atoms with Crippen LogP contribution in [0.15, 0.2) is 26.8 Å². The van der Waals surface area contributed by atoms with Crippen LogP contribution in [0.4, 0.5) is 0 Å². The van der Waals surface area contributed by atoms with Crippen molar-refractivity contribution >= 4 is 35.3 Å². The molecule has 0 aromatic heterocycles. The molecule has 0 atom stereocenters. The summed E-state index contributed by atoms with van der Waals surface area (Å²) in [6, 6.07) is 4.87. The lowest BCUT2D eigenvalue weighted by molar-refractivity contribution is 0.523. The van der Waals surface area contributed by atoms with Crippen LogP contribution in [0.3, 0.4) is 0 Å². The maximum Gasteiger partial charge on any atom is 0.0344 e. The quantitative estimate of drug-likeness (QED) is 0.0471. The molecule has 1 radical (unpaired) electrons. The van der Waals surface area contributed by atoms with Crippen molar-refractivity contribution in [2.75, 3.05) is 17.3 Å². The molecule has 0 amide bonds. The number of benzene rings is 1. The van der Waals surface area contributed by atoms with Crippen molar-refractivity contribution in [2.24, 2.45) is 0 Å². The van der Waals surface area contributed by atoms with E-state index in [1.165, 1.54) is 418 Å². The van der Waals surface area contributed by atoms with E-state index in [0.29, 0.717) is 0 Å². The molecular formula is C73H139S3. The van der Waals surface area contributed by atoms with E-state index in [1.54, 1.807) is 4.90 Å². The number of unbranched alkanes of at least 4 members (excludes halogenated alkanes) is 57. The Kier molecular flexibility index (Phi) is 63.0. The van der Waals surface area contributed by atoms with Gasteiger partial charge < -0.3 is 0 Å². The van der Waals surface area contributed by atoms with E-state index in [0.717, 1.165) is 0 Å². The van der Waals surface area contributed by atoms with E-state index < -0.39 is 0 Å². The molecule has 0 saturated carbocycles. The molecule has 3 heteroatoms. The minimum absolute atomic E-state index is 1.22. The van der Waals surface area contributed by atoms with Crippen LogP contribution in [0.2, 0.25) is 0 Å². The summed E-state index contributed by atoms with van der Waals surface area (Å²) in [6.45, 7) is 11.5. The van der Waals surface area contributed by atoms with Gasteiger partial charge in [-0.15, -0.1) is 35.3 Å². The Morgan fingerprint density at radius 2 is 0.355 bits per heavy atom. The molecule has 76 heavy (non-hydrogen) atoms. The summed E-state index contributed by atoms with van der Waals surface area (Å²) in [7, 11) is 0. The average molecular weight is 1110 g/mol. The van der Waals surface area contributed by atoms with Crippen LogP contribution in [0.25, 0.3) is 0 Å². The van der Waals surface area contributed by atoms with Crippen LogP contribution in [-0.4, -0.2) is 17.3 Å². The third-order valence-electron chi connectivity index (χ3n) is 16.8. The first-order valence-electron chi connectivity index (χ1n) is 35.6. The van der Waals surface area contributed by atoms with E-state index in [1.807, 2.05) is 0 Å². The Hall–Kier alpha value is 0.270. The molecule has 0 bridgehead atoms. The van der Waals surface area contributed by atoms with Crippen molar-refractivity contribution in [3.63, 3.8) is 0 Å². The molecule has 449 valence electrons. The predicted molar refractivity (Wildman–Crippen MR) is 357 cm³/mol. The third kappa shape index (κ3) is 54.8. The minimum atomic E-state index is 1.22. The lowest BCUT2D eigenvalue weighted by Crippen LogP contribution is -1.92. The molecule has 0 heterocycles. The van der Waals surface area contributed by atoms with Crippen molar-refractivity contribution in [2.45, 2.75) is 421 Å². The van der Waals surface area contributed by atoms with E-state index in [9.17, 15) is 0 Å². The van der Waals surface area contributed by atoms with Gasteiger partial charge in [-0.1, -0.05) is 387 Å². The SMILES string of the molecule is [CH2]c1cc(SCCCCCCCCCCCCCCCCCCCCCC)c(SCCCCCCCCCCCCCCCCCCCCCC)c(SCCCCCCCCCCCCCCCCCCCCCC)c1. The van der Waals surface area contributed by atoms with Crippen molar-refractivity contribution < 1.29 is 0 Å². The zero-order valence-corrected chi connectivity index (χ0v) is 55.1. The highest BCUT2D eigenvalue weighted by Crippen LogP contribution is 2.41. The van der Waals surface area contributed by atoms with Crippen LogP contribution in [-0.2, 0) is 0 Å². The van der Waals surface area contributed by atoms with Crippen LogP contribution in [0.1, 0.15) is 412 Å². The molecule has 0 spiro atoms. The zero-order valence-electron chi connectivity index (χ0n) is 52.6. The highest BCUT2D eigenvalue weighted by Gasteiger charge is 2.13. The van der Waals surface area contributed by atoms with Gasteiger partial charge in [0.15, 0.2) is 0 Å². The van der Waals surface area contributed by atoms with Gasteiger partial charge >= 0.3 is 0 Å². The molecule has 0 saturated heterocycles. The van der Waals surface area contributed by atoms with Crippen molar-refractivity contribution in [3.8, 4) is 0 Å². The van der Waals surface area contributed by atoms with Crippen LogP contribution in [0.5, 0.6) is 0 Å². The largest absolute Gasteiger partial charge is 0.125 e. The highest BCUT2D eigenvalue weighted by atomic mass is 32.2. The maximum absolute atomic E-state index is 4.51. The first-order chi connectivity index (χ1) is 37.7. The van der Waals surface area contributed by atoms with E-state index in [2.05, 4.69) is 75.1 Å².